The van der Waals surface area contributed by atoms with Crippen molar-refractivity contribution in [2.75, 3.05) is 6.54 Å². The molecule has 5 heteroatoms. The lowest BCUT2D eigenvalue weighted by atomic mass is 9.92. The van der Waals surface area contributed by atoms with Crippen molar-refractivity contribution < 1.29 is 0 Å². The van der Waals surface area contributed by atoms with Gasteiger partial charge in [0, 0.05) is 31.3 Å². The van der Waals surface area contributed by atoms with Crippen molar-refractivity contribution in [3.8, 4) is 11.3 Å². The third kappa shape index (κ3) is 4.22. The fourth-order valence-electron chi connectivity index (χ4n) is 4.80. The summed E-state index contributed by atoms with van der Waals surface area (Å²) in [6, 6.07) is 13.0. The zero-order valence-corrected chi connectivity index (χ0v) is 20.8. The largest absolute Gasteiger partial charge is 0.330 e. The van der Waals surface area contributed by atoms with Crippen LogP contribution in [0.2, 0.25) is 0 Å². The number of nitrogens with zero attached hydrogens (tertiary/aromatic N) is 3. The molecule has 0 saturated heterocycles. The topological polar surface area (TPSA) is 65.3 Å². The molecule has 0 saturated carbocycles. The fourth-order valence-corrected chi connectivity index (χ4v) is 4.80. The second-order valence-electron chi connectivity index (χ2n) is 9.81. The molecule has 0 unspecified atom stereocenters. The van der Waals surface area contributed by atoms with Crippen molar-refractivity contribution in [2.45, 2.75) is 72.9 Å². The van der Waals surface area contributed by atoms with Gasteiger partial charge in [-0.1, -0.05) is 52.0 Å². The number of hydrogen-bond donors (Lipinski definition) is 1. The Kier molecular flexibility index (Phi) is 6.44. The maximum atomic E-state index is 13.6. The molecule has 174 valence electrons. The molecule has 3 aromatic rings. The van der Waals surface area contributed by atoms with Gasteiger partial charge in [-0.15, -0.1) is 0 Å². The molecular weight excluding hydrogens is 408 g/mol. The van der Waals surface area contributed by atoms with Crippen molar-refractivity contribution in [3.63, 3.8) is 0 Å². The Hall–Kier alpha value is -2.92. The van der Waals surface area contributed by atoms with E-state index in [1.165, 1.54) is 27.8 Å². The minimum Gasteiger partial charge on any atom is -0.329 e. The number of rotatable bonds is 5. The molecule has 1 aromatic heterocycles. The summed E-state index contributed by atoms with van der Waals surface area (Å²) in [5.74, 6) is 0.658. The minimum atomic E-state index is -0.0336. The summed E-state index contributed by atoms with van der Waals surface area (Å²) in [5, 5.41) is 0. The second kappa shape index (κ2) is 9.14. The van der Waals surface area contributed by atoms with Crippen LogP contribution in [0.5, 0.6) is 0 Å². The Balaban J connectivity index is 2.07. The number of fused-ring (bicyclic) bond motifs is 3. The Bertz CT molecular complexity index is 1300. The van der Waals surface area contributed by atoms with Crippen molar-refractivity contribution >= 4 is 5.69 Å². The van der Waals surface area contributed by atoms with Gasteiger partial charge < -0.3 is 5.73 Å². The van der Waals surface area contributed by atoms with Crippen LogP contribution >= 0.6 is 0 Å². The number of hydrogen-bond acceptors (Lipinski definition) is 3. The Morgan fingerprint density at radius 1 is 1.00 bits per heavy atom. The van der Waals surface area contributed by atoms with E-state index in [9.17, 15) is 4.79 Å². The van der Waals surface area contributed by atoms with Gasteiger partial charge in [-0.25, -0.2) is 9.79 Å². The van der Waals surface area contributed by atoms with Crippen LogP contribution in [-0.4, -0.2) is 15.7 Å². The molecule has 2 N–H and O–H groups in total. The summed E-state index contributed by atoms with van der Waals surface area (Å²) in [7, 11) is 0. The van der Waals surface area contributed by atoms with E-state index in [-0.39, 0.29) is 5.69 Å². The van der Waals surface area contributed by atoms with Crippen LogP contribution in [0.1, 0.15) is 67.3 Å². The summed E-state index contributed by atoms with van der Waals surface area (Å²) in [4.78, 5) is 18.8. The van der Waals surface area contributed by atoms with E-state index < -0.39 is 0 Å². The quantitative estimate of drug-likeness (QED) is 0.606. The van der Waals surface area contributed by atoms with Crippen LogP contribution in [0.25, 0.3) is 11.3 Å². The first-order valence-corrected chi connectivity index (χ1v) is 12.1. The Morgan fingerprint density at radius 2 is 1.64 bits per heavy atom. The van der Waals surface area contributed by atoms with Gasteiger partial charge >= 0.3 is 5.69 Å². The molecule has 1 aliphatic heterocycles. The lowest BCUT2D eigenvalue weighted by Crippen LogP contribution is -2.43. The van der Waals surface area contributed by atoms with Crippen molar-refractivity contribution in [2.24, 2.45) is 10.7 Å². The van der Waals surface area contributed by atoms with Crippen molar-refractivity contribution in [1.82, 2.24) is 9.13 Å². The third-order valence-electron chi connectivity index (χ3n) is 6.82. The highest BCUT2D eigenvalue weighted by Crippen LogP contribution is 2.35. The maximum Gasteiger partial charge on any atom is 0.330 e. The average Bonchev–Trinajstić information content (AvgIpc) is 2.77. The summed E-state index contributed by atoms with van der Waals surface area (Å²) < 4.78 is 3.64. The van der Waals surface area contributed by atoms with E-state index in [1.807, 2.05) is 4.57 Å². The molecule has 2 heterocycles. The van der Waals surface area contributed by atoms with Gasteiger partial charge in [0.1, 0.15) is 5.49 Å². The van der Waals surface area contributed by atoms with E-state index in [2.05, 4.69) is 77.9 Å². The molecular formula is C28H36N4O. The molecule has 0 spiro atoms. The molecule has 2 aromatic carbocycles. The first kappa shape index (κ1) is 23.2. The van der Waals surface area contributed by atoms with Crippen LogP contribution in [0.4, 0.5) is 5.69 Å². The van der Waals surface area contributed by atoms with Gasteiger partial charge in [-0.2, -0.15) is 0 Å². The number of para-hydroxylation sites is 1. The van der Waals surface area contributed by atoms with E-state index in [0.29, 0.717) is 37.0 Å². The third-order valence-corrected chi connectivity index (χ3v) is 6.82. The molecule has 0 bridgehead atoms. The normalized spacial score (nSPS) is 13.5. The number of aryl methyl sites for hydroxylation is 3. The van der Waals surface area contributed by atoms with Gasteiger partial charge in [0.15, 0.2) is 0 Å². The molecule has 0 amide bonds. The van der Waals surface area contributed by atoms with Gasteiger partial charge in [0.2, 0.25) is 0 Å². The standard InChI is InChI=1S/C28H36N4O/c1-17(2)22-8-7-9-23(18(3)4)27(22)30-26-16-25-24-15-20(6)19(5)14-21(24)10-12-31(25)28(33)32(26)13-11-29/h7-9,14-18H,10-13,29H2,1-6H3/b30-26+. The fraction of sp³-hybridized carbons (Fsp3) is 0.429. The van der Waals surface area contributed by atoms with Crippen LogP contribution in [0.3, 0.4) is 0 Å². The maximum absolute atomic E-state index is 13.6. The Morgan fingerprint density at radius 3 is 2.24 bits per heavy atom. The van der Waals surface area contributed by atoms with Crippen molar-refractivity contribution in [1.29, 1.82) is 0 Å². The van der Waals surface area contributed by atoms with E-state index in [0.717, 1.165) is 23.4 Å². The molecule has 0 fully saturated rings. The molecule has 1 aliphatic rings. The SMILES string of the molecule is Cc1cc2c(cc1C)-c1c/c(=N\c3c(C(C)C)cccc3C(C)C)n(CCN)c(=O)n1CC2. The number of nitrogens with two attached hydrogens (primary N) is 1. The van der Waals surface area contributed by atoms with Gasteiger partial charge in [0.25, 0.3) is 0 Å². The van der Waals surface area contributed by atoms with Crippen LogP contribution in [0, 0.1) is 13.8 Å². The Labute approximate surface area is 196 Å². The first-order chi connectivity index (χ1) is 15.7. The predicted octanol–water partition coefficient (Wildman–Crippen LogP) is 4.93. The van der Waals surface area contributed by atoms with Crippen LogP contribution in [0.15, 0.2) is 46.2 Å². The molecule has 0 radical (unpaired) electrons. The molecule has 0 aliphatic carbocycles. The smallest absolute Gasteiger partial charge is 0.329 e. The van der Waals surface area contributed by atoms with Crippen LogP contribution in [-0.2, 0) is 19.5 Å². The second-order valence-corrected chi connectivity index (χ2v) is 9.81. The van der Waals surface area contributed by atoms with E-state index in [4.69, 9.17) is 10.7 Å². The highest BCUT2D eigenvalue weighted by Gasteiger charge is 2.21. The molecule has 33 heavy (non-hydrogen) atoms. The van der Waals surface area contributed by atoms with Gasteiger partial charge in [-0.3, -0.25) is 9.13 Å². The average molecular weight is 445 g/mol. The molecule has 5 nitrogen and oxygen atoms in total. The van der Waals surface area contributed by atoms with Crippen molar-refractivity contribution in [3.05, 3.63) is 80.2 Å². The lowest BCUT2D eigenvalue weighted by Gasteiger charge is -2.24. The summed E-state index contributed by atoms with van der Waals surface area (Å²) >= 11 is 0. The minimum absolute atomic E-state index is 0.0336. The van der Waals surface area contributed by atoms with Crippen LogP contribution < -0.4 is 16.9 Å². The number of benzene rings is 2. The monoisotopic (exact) mass is 444 g/mol. The molecule has 0 atom stereocenters. The summed E-state index contributed by atoms with van der Waals surface area (Å²) in [5.41, 5.74) is 15.9. The molecule has 4 rings (SSSR count). The van der Waals surface area contributed by atoms with E-state index in [1.54, 1.807) is 4.57 Å². The van der Waals surface area contributed by atoms with Gasteiger partial charge in [0.05, 0.1) is 11.4 Å². The van der Waals surface area contributed by atoms with E-state index >= 15 is 0 Å². The predicted molar refractivity (Wildman–Crippen MR) is 136 cm³/mol. The number of aromatic nitrogens is 2. The highest BCUT2D eigenvalue weighted by molar-refractivity contribution is 5.67. The first-order valence-electron chi connectivity index (χ1n) is 12.1. The zero-order chi connectivity index (χ0) is 23.9. The lowest BCUT2D eigenvalue weighted by molar-refractivity contribution is 0.547. The summed E-state index contributed by atoms with van der Waals surface area (Å²) in [6.45, 7) is 14.5. The van der Waals surface area contributed by atoms with Gasteiger partial charge in [-0.05, 0) is 66.0 Å². The summed E-state index contributed by atoms with van der Waals surface area (Å²) in [6.07, 6.45) is 0.857. The zero-order valence-electron chi connectivity index (χ0n) is 20.8. The highest BCUT2D eigenvalue weighted by atomic mass is 16.1.